The first-order chi connectivity index (χ1) is 7.58. The fourth-order valence-electron chi connectivity index (χ4n) is 1.32. The normalized spacial score (nSPS) is 11.8. The van der Waals surface area contributed by atoms with Gasteiger partial charge in [-0.05, 0) is 47.0 Å². The van der Waals surface area contributed by atoms with Crippen LogP contribution in [0.25, 0.3) is 0 Å². The van der Waals surface area contributed by atoms with Gasteiger partial charge >= 0.3 is 0 Å². The highest BCUT2D eigenvalue weighted by Crippen LogP contribution is 2.35. The van der Waals surface area contributed by atoms with Gasteiger partial charge in [0.2, 0.25) is 0 Å². The first kappa shape index (κ1) is 16.6. The topological polar surface area (TPSA) is 41.5 Å². The van der Waals surface area contributed by atoms with Crippen LogP contribution in [-0.4, -0.2) is 18.3 Å². The molecule has 0 aliphatic heterocycles. The summed E-state index contributed by atoms with van der Waals surface area (Å²) in [6, 6.07) is 4.22. The molecule has 98 valence electrons. The molecule has 1 atom stereocenters. The van der Waals surface area contributed by atoms with Crippen LogP contribution >= 0.6 is 28.3 Å². The fraction of sp³-hybridized carbons (Fsp3) is 0.500. The second-order valence-corrected chi connectivity index (χ2v) is 4.67. The number of aromatic hydroxyl groups is 1. The lowest BCUT2D eigenvalue weighted by Crippen LogP contribution is -2.24. The molecule has 0 saturated heterocycles. The van der Waals surface area contributed by atoms with Crippen molar-refractivity contribution in [1.29, 1.82) is 0 Å². The number of nitrogens with one attached hydrogen (secondary N) is 1. The lowest BCUT2D eigenvalue weighted by Gasteiger charge is -2.13. The Balaban J connectivity index is 0.00000256. The number of phenolic OH excluding ortho intramolecular Hbond substituents is 1. The Kier molecular flexibility index (Phi) is 7.59. The number of hydrogen-bond acceptors (Lipinski definition) is 3. The lowest BCUT2D eigenvalue weighted by atomic mass is 10.2. The van der Waals surface area contributed by atoms with Gasteiger partial charge in [-0.3, -0.25) is 0 Å². The molecule has 0 bridgehead atoms. The van der Waals surface area contributed by atoms with Gasteiger partial charge in [-0.1, -0.05) is 6.92 Å². The van der Waals surface area contributed by atoms with Gasteiger partial charge < -0.3 is 15.2 Å². The van der Waals surface area contributed by atoms with Crippen molar-refractivity contribution in [2.24, 2.45) is 0 Å². The molecule has 0 amide bonds. The minimum absolute atomic E-state index is 0. The number of halogens is 2. The van der Waals surface area contributed by atoms with Crippen LogP contribution in [0.1, 0.15) is 25.8 Å². The van der Waals surface area contributed by atoms with Gasteiger partial charge in [0.15, 0.2) is 11.5 Å². The minimum Gasteiger partial charge on any atom is -0.503 e. The first-order valence-corrected chi connectivity index (χ1v) is 6.16. The van der Waals surface area contributed by atoms with Crippen LogP contribution in [0.2, 0.25) is 0 Å². The van der Waals surface area contributed by atoms with Gasteiger partial charge in [0.05, 0.1) is 11.6 Å². The Morgan fingerprint density at radius 2 is 2.12 bits per heavy atom. The second-order valence-electron chi connectivity index (χ2n) is 3.82. The summed E-state index contributed by atoms with van der Waals surface area (Å²) in [5.74, 6) is 0.644. The molecule has 2 N–H and O–H groups in total. The van der Waals surface area contributed by atoms with Gasteiger partial charge in [0, 0.05) is 12.6 Å². The van der Waals surface area contributed by atoms with Crippen LogP contribution < -0.4 is 10.1 Å². The van der Waals surface area contributed by atoms with Crippen molar-refractivity contribution >= 4 is 28.3 Å². The van der Waals surface area contributed by atoms with E-state index in [2.05, 4.69) is 35.1 Å². The summed E-state index contributed by atoms with van der Waals surface area (Å²) in [6.07, 6.45) is 1.09. The van der Waals surface area contributed by atoms with E-state index in [-0.39, 0.29) is 18.2 Å². The quantitative estimate of drug-likeness (QED) is 0.871. The van der Waals surface area contributed by atoms with E-state index in [0.717, 1.165) is 18.5 Å². The zero-order valence-electron chi connectivity index (χ0n) is 10.3. The van der Waals surface area contributed by atoms with Gasteiger partial charge in [-0.15, -0.1) is 12.4 Å². The maximum absolute atomic E-state index is 9.65. The first-order valence-electron chi connectivity index (χ1n) is 5.37. The highest BCUT2D eigenvalue weighted by molar-refractivity contribution is 9.10. The Morgan fingerprint density at radius 1 is 1.47 bits per heavy atom. The minimum atomic E-state index is 0. The summed E-state index contributed by atoms with van der Waals surface area (Å²) in [4.78, 5) is 0. The summed E-state index contributed by atoms with van der Waals surface area (Å²) >= 11 is 3.30. The van der Waals surface area contributed by atoms with E-state index in [1.807, 2.05) is 12.1 Å². The van der Waals surface area contributed by atoms with Crippen LogP contribution in [0.4, 0.5) is 0 Å². The predicted molar refractivity (Wildman–Crippen MR) is 76.2 cm³/mol. The third-order valence-electron chi connectivity index (χ3n) is 2.58. The number of hydrogen-bond donors (Lipinski definition) is 2. The Labute approximate surface area is 117 Å². The van der Waals surface area contributed by atoms with E-state index in [4.69, 9.17) is 4.74 Å². The fourth-order valence-corrected chi connectivity index (χ4v) is 1.81. The Hall–Kier alpha value is -0.450. The van der Waals surface area contributed by atoms with Crippen LogP contribution in [0, 0.1) is 0 Å². The molecule has 17 heavy (non-hydrogen) atoms. The van der Waals surface area contributed by atoms with E-state index in [0.29, 0.717) is 16.3 Å². The van der Waals surface area contributed by atoms with Crippen molar-refractivity contribution in [3.05, 3.63) is 22.2 Å². The summed E-state index contributed by atoms with van der Waals surface area (Å²) in [6.45, 7) is 5.06. The maximum Gasteiger partial charge on any atom is 0.172 e. The molecule has 0 aromatic heterocycles. The molecule has 0 radical (unpaired) electrons. The zero-order chi connectivity index (χ0) is 12.1. The zero-order valence-corrected chi connectivity index (χ0v) is 12.7. The molecule has 0 aliphatic carbocycles. The molecule has 1 unspecified atom stereocenters. The van der Waals surface area contributed by atoms with E-state index in [1.165, 1.54) is 0 Å². The Bertz CT molecular complexity index is 361. The monoisotopic (exact) mass is 323 g/mol. The van der Waals surface area contributed by atoms with Gasteiger partial charge in [0.25, 0.3) is 0 Å². The molecule has 0 heterocycles. The summed E-state index contributed by atoms with van der Waals surface area (Å²) in [7, 11) is 1.55. The number of ether oxygens (including phenoxy) is 1. The van der Waals surface area contributed by atoms with Crippen molar-refractivity contribution < 1.29 is 9.84 Å². The molecule has 0 aliphatic rings. The van der Waals surface area contributed by atoms with E-state index in [9.17, 15) is 5.11 Å². The maximum atomic E-state index is 9.65. The van der Waals surface area contributed by atoms with Crippen LogP contribution in [0.5, 0.6) is 11.5 Å². The van der Waals surface area contributed by atoms with Crippen LogP contribution in [-0.2, 0) is 6.54 Å². The summed E-state index contributed by atoms with van der Waals surface area (Å²) < 4.78 is 5.75. The average Bonchev–Trinajstić information content (AvgIpc) is 2.29. The van der Waals surface area contributed by atoms with E-state index >= 15 is 0 Å². The molecule has 0 saturated carbocycles. The number of benzene rings is 1. The van der Waals surface area contributed by atoms with Crippen LogP contribution in [0.15, 0.2) is 16.6 Å². The van der Waals surface area contributed by atoms with E-state index in [1.54, 1.807) is 7.11 Å². The van der Waals surface area contributed by atoms with Crippen LogP contribution in [0.3, 0.4) is 0 Å². The van der Waals surface area contributed by atoms with Gasteiger partial charge in [0.1, 0.15) is 0 Å². The van der Waals surface area contributed by atoms with Crippen molar-refractivity contribution in [2.45, 2.75) is 32.9 Å². The lowest BCUT2D eigenvalue weighted by molar-refractivity contribution is 0.371. The standard InChI is InChI=1S/C12H18BrNO2.ClH/c1-4-8(2)14-7-9-5-10(13)12(15)11(6-9)16-3;/h5-6,8,14-15H,4,7H2,1-3H3;1H. The summed E-state index contributed by atoms with van der Waals surface area (Å²) in [5.41, 5.74) is 1.09. The average molecular weight is 325 g/mol. The van der Waals surface area contributed by atoms with Gasteiger partial charge in [-0.25, -0.2) is 0 Å². The van der Waals surface area contributed by atoms with Gasteiger partial charge in [-0.2, -0.15) is 0 Å². The van der Waals surface area contributed by atoms with E-state index < -0.39 is 0 Å². The third-order valence-corrected chi connectivity index (χ3v) is 3.18. The SMILES string of the molecule is CCC(C)NCc1cc(Br)c(O)c(OC)c1.Cl. The van der Waals surface area contributed by atoms with Crippen molar-refractivity contribution in [3.8, 4) is 11.5 Å². The third kappa shape index (κ3) is 4.74. The summed E-state index contributed by atoms with van der Waals surface area (Å²) in [5, 5.41) is 13.0. The molecule has 1 aromatic carbocycles. The van der Waals surface area contributed by atoms with Crippen molar-refractivity contribution in [2.75, 3.05) is 7.11 Å². The Morgan fingerprint density at radius 3 is 2.65 bits per heavy atom. The largest absolute Gasteiger partial charge is 0.503 e. The van der Waals surface area contributed by atoms with Crippen molar-refractivity contribution in [1.82, 2.24) is 5.32 Å². The molecule has 0 spiro atoms. The highest BCUT2D eigenvalue weighted by Gasteiger charge is 2.08. The molecule has 3 nitrogen and oxygen atoms in total. The molecule has 0 fully saturated rings. The highest BCUT2D eigenvalue weighted by atomic mass is 79.9. The number of methoxy groups -OCH3 is 1. The predicted octanol–water partition coefficient (Wildman–Crippen LogP) is 3.47. The van der Waals surface area contributed by atoms with Crippen molar-refractivity contribution in [3.63, 3.8) is 0 Å². The second kappa shape index (κ2) is 7.80. The number of rotatable bonds is 5. The molecule has 1 aromatic rings. The number of phenols is 1. The molecular weight excluding hydrogens is 305 g/mol. The molecular formula is C12H19BrClNO2. The molecule has 5 heteroatoms. The molecule has 1 rings (SSSR count). The smallest absolute Gasteiger partial charge is 0.172 e.